The Kier molecular flexibility index (Phi) is 12.0. The van der Waals surface area contributed by atoms with Gasteiger partial charge in [0.15, 0.2) is 0 Å². The van der Waals surface area contributed by atoms with Crippen molar-refractivity contribution in [3.05, 3.63) is 21.7 Å². The lowest BCUT2D eigenvalue weighted by Gasteiger charge is -2.34. The zero-order chi connectivity index (χ0) is 30.4. The van der Waals surface area contributed by atoms with Crippen molar-refractivity contribution in [3.8, 4) is 0 Å². The summed E-state index contributed by atoms with van der Waals surface area (Å²) in [6.07, 6.45) is 2.14. The number of amides is 1. The number of aliphatic hydroxyl groups excluding tert-OH is 2. The molecule has 0 saturated carbocycles. The molecule has 1 saturated heterocycles. The van der Waals surface area contributed by atoms with Crippen LogP contribution in [-0.2, 0) is 19.1 Å². The van der Waals surface area contributed by atoms with Gasteiger partial charge in [0.2, 0.25) is 5.91 Å². The van der Waals surface area contributed by atoms with Crippen molar-refractivity contribution in [2.75, 3.05) is 0 Å². The number of nitrogens with one attached hydrogen (secondary N) is 2. The van der Waals surface area contributed by atoms with E-state index in [4.69, 9.17) is 9.84 Å². The van der Waals surface area contributed by atoms with Gasteiger partial charge in [-0.2, -0.15) is 0 Å². The van der Waals surface area contributed by atoms with Crippen LogP contribution >= 0.6 is 11.3 Å². The Balaban J connectivity index is 1.91. The molecule has 40 heavy (non-hydrogen) atoms. The number of Topliss-reactive ketones (excluding diaryl/α,β-unsaturated/α-hetero) is 1. The van der Waals surface area contributed by atoms with Gasteiger partial charge in [0.1, 0.15) is 5.78 Å². The average molecular weight is 582 g/mol. The van der Waals surface area contributed by atoms with E-state index in [0.717, 1.165) is 29.1 Å². The van der Waals surface area contributed by atoms with Gasteiger partial charge in [0, 0.05) is 24.3 Å². The fourth-order valence-corrected chi connectivity index (χ4v) is 5.69. The minimum atomic E-state index is -1.33. The number of epoxide rings is 1. The maximum absolute atomic E-state index is 13.0. The molecule has 2 rings (SSSR count). The topological polar surface area (TPSA) is 161 Å². The van der Waals surface area contributed by atoms with Crippen LogP contribution < -0.4 is 10.9 Å². The second-order valence-electron chi connectivity index (χ2n) is 12.1. The Morgan fingerprint density at radius 3 is 2.45 bits per heavy atom. The Labute approximate surface area is 241 Å². The quantitative estimate of drug-likeness (QED) is 0.137. The molecule has 1 aliphatic rings. The maximum Gasteiger partial charge on any atom is 0.306 e. The first-order valence-electron chi connectivity index (χ1n) is 13.9. The van der Waals surface area contributed by atoms with Gasteiger partial charge < -0.3 is 20.1 Å². The summed E-state index contributed by atoms with van der Waals surface area (Å²) in [7, 11) is 0. The van der Waals surface area contributed by atoms with E-state index in [1.807, 2.05) is 32.2 Å². The van der Waals surface area contributed by atoms with Crippen LogP contribution in [0.4, 0.5) is 0 Å². The van der Waals surface area contributed by atoms with Crippen LogP contribution in [0.15, 0.2) is 11.0 Å². The van der Waals surface area contributed by atoms with Crippen molar-refractivity contribution in [2.45, 2.75) is 117 Å². The first-order valence-corrected chi connectivity index (χ1v) is 14.8. The third kappa shape index (κ3) is 9.44. The molecular formula is C29H47N3O7S. The van der Waals surface area contributed by atoms with Crippen molar-refractivity contribution in [1.82, 2.24) is 15.8 Å². The Hall–Kier alpha value is -2.18. The Bertz CT molecular complexity index is 1070. The standard InChI is InChI=1S/C29H47N3O7S/c1-16(26(37)18(3)27(38)28(6,7)23(34)14-25(35)36)10-9-11-29(8)24(39-29)13-22(32-31-19(4)33)17(2)12-21-15-40-20(5)30-21/h12,15-16,18,22-24,26,32,34,37H,9-11,13-14H2,1-8H3,(H,31,33)(H,35,36)/b17-12+/t16-,18+,22-,23-,24-,26-,29+/m0/s1. The number of aromatic nitrogens is 1. The number of hydrogen-bond donors (Lipinski definition) is 5. The summed E-state index contributed by atoms with van der Waals surface area (Å²) in [6.45, 7) is 14.0. The molecule has 1 aromatic rings. The molecule has 7 atom stereocenters. The third-order valence-corrected chi connectivity index (χ3v) is 8.94. The van der Waals surface area contributed by atoms with Crippen LogP contribution in [0.3, 0.4) is 0 Å². The number of carboxylic acids is 1. The average Bonchev–Trinajstić information content (AvgIpc) is 3.31. The van der Waals surface area contributed by atoms with E-state index in [2.05, 4.69) is 22.8 Å². The molecule has 0 radical (unpaired) electrons. The number of ether oxygens (including phenoxy) is 1. The predicted molar refractivity (Wildman–Crippen MR) is 154 cm³/mol. The van der Waals surface area contributed by atoms with E-state index in [1.165, 1.54) is 20.8 Å². The van der Waals surface area contributed by atoms with E-state index in [-0.39, 0.29) is 35.4 Å². The fourth-order valence-electron chi connectivity index (χ4n) is 5.12. The second kappa shape index (κ2) is 14.1. The molecule has 1 aromatic heterocycles. The second-order valence-corrected chi connectivity index (χ2v) is 13.1. The minimum absolute atomic E-state index is 0.00321. The largest absolute Gasteiger partial charge is 0.481 e. The van der Waals surface area contributed by atoms with Gasteiger partial charge in [0.25, 0.3) is 0 Å². The van der Waals surface area contributed by atoms with Crippen molar-refractivity contribution in [1.29, 1.82) is 0 Å². The molecule has 1 fully saturated rings. The van der Waals surface area contributed by atoms with Gasteiger partial charge >= 0.3 is 5.97 Å². The highest BCUT2D eigenvalue weighted by molar-refractivity contribution is 7.09. The lowest BCUT2D eigenvalue weighted by atomic mass is 9.73. The molecule has 1 amide bonds. The number of rotatable bonds is 17. The third-order valence-electron chi connectivity index (χ3n) is 8.15. The molecule has 1 aliphatic heterocycles. The molecule has 0 unspecified atom stereocenters. The molecule has 226 valence electrons. The molecule has 0 aliphatic carbocycles. The van der Waals surface area contributed by atoms with Crippen LogP contribution in [0.2, 0.25) is 0 Å². The monoisotopic (exact) mass is 581 g/mol. The predicted octanol–water partition coefficient (Wildman–Crippen LogP) is 3.65. The zero-order valence-electron chi connectivity index (χ0n) is 25.0. The summed E-state index contributed by atoms with van der Waals surface area (Å²) in [5.74, 6) is -2.63. The van der Waals surface area contributed by atoms with Crippen molar-refractivity contribution in [2.24, 2.45) is 17.3 Å². The minimum Gasteiger partial charge on any atom is -0.481 e. The molecular weight excluding hydrogens is 534 g/mol. The normalized spacial score (nSPS) is 23.1. The molecule has 10 nitrogen and oxygen atoms in total. The summed E-state index contributed by atoms with van der Waals surface area (Å²) in [5, 5.41) is 33.1. The molecule has 0 bridgehead atoms. The number of nitrogens with zero attached hydrogens (tertiary/aromatic N) is 1. The molecule has 0 spiro atoms. The maximum atomic E-state index is 13.0. The highest BCUT2D eigenvalue weighted by atomic mass is 32.1. The summed E-state index contributed by atoms with van der Waals surface area (Å²) in [4.78, 5) is 40.0. The van der Waals surface area contributed by atoms with Gasteiger partial charge in [0.05, 0.1) is 46.5 Å². The van der Waals surface area contributed by atoms with Gasteiger partial charge in [-0.25, -0.2) is 10.4 Å². The van der Waals surface area contributed by atoms with Crippen molar-refractivity contribution >= 4 is 35.1 Å². The van der Waals surface area contributed by atoms with Crippen LogP contribution in [0.1, 0.15) is 91.3 Å². The Morgan fingerprint density at radius 1 is 1.25 bits per heavy atom. The smallest absolute Gasteiger partial charge is 0.306 e. The van der Waals surface area contributed by atoms with Crippen LogP contribution in [0, 0.1) is 24.2 Å². The molecule has 2 heterocycles. The number of aryl methyl sites for hydroxylation is 1. The van der Waals surface area contributed by atoms with Gasteiger partial charge in [-0.1, -0.05) is 39.7 Å². The highest BCUT2D eigenvalue weighted by Crippen LogP contribution is 2.44. The first kappa shape index (κ1) is 34.0. The van der Waals surface area contributed by atoms with Crippen LogP contribution in [-0.4, -0.2) is 67.9 Å². The van der Waals surface area contributed by atoms with E-state index in [1.54, 1.807) is 18.3 Å². The van der Waals surface area contributed by atoms with E-state index < -0.39 is 35.9 Å². The lowest BCUT2D eigenvalue weighted by Crippen LogP contribution is -2.45. The summed E-state index contributed by atoms with van der Waals surface area (Å²) < 4.78 is 6.09. The number of hydrazine groups is 1. The van der Waals surface area contributed by atoms with Gasteiger partial charge in [-0.15, -0.1) is 11.3 Å². The molecule has 0 aromatic carbocycles. The van der Waals surface area contributed by atoms with E-state index in [9.17, 15) is 24.6 Å². The number of aliphatic hydroxyl groups is 2. The zero-order valence-corrected chi connectivity index (χ0v) is 25.8. The number of ketones is 1. The van der Waals surface area contributed by atoms with Crippen molar-refractivity contribution in [3.63, 3.8) is 0 Å². The first-order chi connectivity index (χ1) is 18.5. The number of thiazole rings is 1. The lowest BCUT2D eigenvalue weighted by molar-refractivity contribution is -0.147. The molecule has 5 N–H and O–H groups in total. The fraction of sp³-hybridized carbons (Fsp3) is 0.724. The van der Waals surface area contributed by atoms with E-state index in [0.29, 0.717) is 12.8 Å². The van der Waals surface area contributed by atoms with Crippen LogP contribution in [0.5, 0.6) is 0 Å². The number of carbonyl (C=O) groups excluding carboxylic acids is 2. The summed E-state index contributed by atoms with van der Waals surface area (Å²) in [6, 6.07) is -0.134. The summed E-state index contributed by atoms with van der Waals surface area (Å²) in [5.41, 5.74) is 6.12. The summed E-state index contributed by atoms with van der Waals surface area (Å²) >= 11 is 1.58. The number of hydrogen-bond acceptors (Lipinski definition) is 9. The number of carbonyl (C=O) groups is 3. The molecule has 11 heteroatoms. The van der Waals surface area contributed by atoms with E-state index >= 15 is 0 Å². The highest BCUT2D eigenvalue weighted by Gasteiger charge is 2.52. The number of aliphatic carboxylic acids is 1. The van der Waals surface area contributed by atoms with Gasteiger partial charge in [-0.3, -0.25) is 19.8 Å². The van der Waals surface area contributed by atoms with Gasteiger partial charge in [-0.05, 0) is 52.0 Å². The number of carboxylic acid groups (broad SMARTS) is 1. The SMILES string of the molecule is CC(=O)NN[C@@H](C[C@@H]1O[C@]1(C)CCC[C@H](C)[C@H](O)[C@@H](C)C(=O)C(C)(C)[C@@H](O)CC(=O)O)/C(C)=C/c1csc(C)n1. The van der Waals surface area contributed by atoms with Crippen LogP contribution in [0.25, 0.3) is 6.08 Å². The van der Waals surface area contributed by atoms with Crippen molar-refractivity contribution < 1.29 is 34.4 Å². The Morgan fingerprint density at radius 2 is 1.90 bits per heavy atom.